The van der Waals surface area contributed by atoms with Gasteiger partial charge in [-0.15, -0.1) is 0 Å². The van der Waals surface area contributed by atoms with E-state index in [1.54, 1.807) is 6.26 Å². The van der Waals surface area contributed by atoms with Gasteiger partial charge in [0.25, 0.3) is 0 Å². The molecule has 0 amide bonds. The van der Waals surface area contributed by atoms with Gasteiger partial charge in [-0.3, -0.25) is 0 Å². The highest BCUT2D eigenvalue weighted by molar-refractivity contribution is 4.98. The van der Waals surface area contributed by atoms with Crippen LogP contribution in [-0.4, -0.2) is 30.1 Å². The maximum Gasteiger partial charge on any atom is 0.117 e. The van der Waals surface area contributed by atoms with Crippen LogP contribution in [0.5, 0.6) is 0 Å². The van der Waals surface area contributed by atoms with Gasteiger partial charge in [-0.05, 0) is 51.9 Å². The Labute approximate surface area is 97.8 Å². The van der Waals surface area contributed by atoms with Gasteiger partial charge in [0, 0.05) is 12.1 Å². The maximum atomic E-state index is 5.31. The van der Waals surface area contributed by atoms with Crippen LogP contribution in [0.25, 0.3) is 0 Å². The van der Waals surface area contributed by atoms with Crippen molar-refractivity contribution in [1.29, 1.82) is 0 Å². The molecule has 0 spiro atoms. The monoisotopic (exact) mass is 222 g/mol. The standard InChI is InChI=1S/C13H22N2O/c1-11(2)15-7-5-12(6-8-15)14-10-13-4-3-9-16-13/h3-4,9,11-12,14H,5-8,10H2,1-2H3. The van der Waals surface area contributed by atoms with E-state index in [-0.39, 0.29) is 0 Å². The second-order valence-electron chi connectivity index (χ2n) is 4.86. The van der Waals surface area contributed by atoms with E-state index >= 15 is 0 Å². The molecule has 0 atom stereocenters. The van der Waals surface area contributed by atoms with Crippen LogP contribution in [-0.2, 0) is 6.54 Å². The highest BCUT2D eigenvalue weighted by Gasteiger charge is 2.20. The molecule has 90 valence electrons. The van der Waals surface area contributed by atoms with Crippen LogP contribution in [0.3, 0.4) is 0 Å². The summed E-state index contributed by atoms with van der Waals surface area (Å²) in [5.74, 6) is 1.03. The van der Waals surface area contributed by atoms with Gasteiger partial charge < -0.3 is 14.6 Å². The largest absolute Gasteiger partial charge is 0.468 e. The van der Waals surface area contributed by atoms with Gasteiger partial charge in [-0.25, -0.2) is 0 Å². The maximum absolute atomic E-state index is 5.31. The van der Waals surface area contributed by atoms with E-state index in [2.05, 4.69) is 24.1 Å². The summed E-state index contributed by atoms with van der Waals surface area (Å²) in [4.78, 5) is 2.55. The quantitative estimate of drug-likeness (QED) is 0.847. The summed E-state index contributed by atoms with van der Waals surface area (Å²) >= 11 is 0. The summed E-state index contributed by atoms with van der Waals surface area (Å²) in [5.41, 5.74) is 0. The first-order chi connectivity index (χ1) is 7.75. The van der Waals surface area contributed by atoms with Crippen molar-refractivity contribution in [2.24, 2.45) is 0 Å². The van der Waals surface area contributed by atoms with Gasteiger partial charge in [-0.2, -0.15) is 0 Å². The fourth-order valence-corrected chi connectivity index (χ4v) is 2.28. The van der Waals surface area contributed by atoms with Crippen molar-refractivity contribution in [1.82, 2.24) is 10.2 Å². The Morgan fingerprint density at radius 1 is 1.44 bits per heavy atom. The molecule has 0 radical (unpaired) electrons. The summed E-state index contributed by atoms with van der Waals surface area (Å²) in [6.45, 7) is 7.84. The highest BCUT2D eigenvalue weighted by Crippen LogP contribution is 2.13. The van der Waals surface area contributed by atoms with Crippen molar-refractivity contribution < 1.29 is 4.42 Å². The molecule has 1 aromatic heterocycles. The third kappa shape index (κ3) is 3.09. The molecule has 1 aromatic rings. The molecule has 2 heterocycles. The first-order valence-electron chi connectivity index (χ1n) is 6.25. The molecule has 1 aliphatic rings. The molecule has 2 rings (SSSR count). The lowest BCUT2D eigenvalue weighted by Crippen LogP contribution is -2.44. The van der Waals surface area contributed by atoms with Crippen LogP contribution in [0, 0.1) is 0 Å². The van der Waals surface area contributed by atoms with Crippen LogP contribution in [0.1, 0.15) is 32.4 Å². The SMILES string of the molecule is CC(C)N1CCC(NCc2ccco2)CC1. The number of hydrogen-bond donors (Lipinski definition) is 1. The second-order valence-corrected chi connectivity index (χ2v) is 4.86. The Balaban J connectivity index is 1.69. The first-order valence-corrected chi connectivity index (χ1v) is 6.25. The average Bonchev–Trinajstić information content (AvgIpc) is 2.80. The molecule has 0 bridgehead atoms. The topological polar surface area (TPSA) is 28.4 Å². The van der Waals surface area contributed by atoms with E-state index in [0.717, 1.165) is 12.3 Å². The van der Waals surface area contributed by atoms with Crippen LogP contribution in [0.4, 0.5) is 0 Å². The number of hydrogen-bond acceptors (Lipinski definition) is 3. The third-order valence-electron chi connectivity index (χ3n) is 3.40. The lowest BCUT2D eigenvalue weighted by atomic mass is 10.0. The van der Waals surface area contributed by atoms with E-state index in [9.17, 15) is 0 Å². The van der Waals surface area contributed by atoms with Crippen molar-refractivity contribution in [3.63, 3.8) is 0 Å². The van der Waals surface area contributed by atoms with E-state index in [4.69, 9.17) is 4.42 Å². The smallest absolute Gasteiger partial charge is 0.117 e. The van der Waals surface area contributed by atoms with E-state index in [0.29, 0.717) is 12.1 Å². The molecule has 1 aliphatic heterocycles. The molecule has 0 aromatic carbocycles. The van der Waals surface area contributed by atoms with Gasteiger partial charge in [-0.1, -0.05) is 0 Å². The molecule has 0 unspecified atom stereocenters. The van der Waals surface area contributed by atoms with Crippen LogP contribution < -0.4 is 5.32 Å². The van der Waals surface area contributed by atoms with Crippen molar-refractivity contribution in [2.75, 3.05) is 13.1 Å². The molecule has 1 N–H and O–H groups in total. The Morgan fingerprint density at radius 2 is 2.19 bits per heavy atom. The minimum absolute atomic E-state index is 0.653. The van der Waals surface area contributed by atoms with Gasteiger partial charge in [0.15, 0.2) is 0 Å². The van der Waals surface area contributed by atoms with E-state index < -0.39 is 0 Å². The Bertz CT molecular complexity index is 287. The molecule has 0 saturated carbocycles. The molecular formula is C13H22N2O. The Hall–Kier alpha value is -0.800. The zero-order chi connectivity index (χ0) is 11.4. The molecule has 3 nitrogen and oxygen atoms in total. The predicted molar refractivity (Wildman–Crippen MR) is 65.3 cm³/mol. The van der Waals surface area contributed by atoms with Gasteiger partial charge in [0.1, 0.15) is 5.76 Å². The number of furan rings is 1. The molecule has 0 aliphatic carbocycles. The van der Waals surface area contributed by atoms with Crippen molar-refractivity contribution >= 4 is 0 Å². The van der Waals surface area contributed by atoms with E-state index in [1.165, 1.54) is 25.9 Å². The summed E-state index contributed by atoms with van der Waals surface area (Å²) in [6.07, 6.45) is 4.23. The summed E-state index contributed by atoms with van der Waals surface area (Å²) < 4.78 is 5.31. The number of nitrogens with zero attached hydrogens (tertiary/aromatic N) is 1. The number of piperidine rings is 1. The minimum atomic E-state index is 0.653. The minimum Gasteiger partial charge on any atom is -0.468 e. The number of rotatable bonds is 4. The molecule has 16 heavy (non-hydrogen) atoms. The average molecular weight is 222 g/mol. The molecule has 1 fully saturated rings. The van der Waals surface area contributed by atoms with Crippen molar-refractivity contribution in [2.45, 2.75) is 45.3 Å². The molecule has 3 heteroatoms. The Morgan fingerprint density at radius 3 is 2.75 bits per heavy atom. The highest BCUT2D eigenvalue weighted by atomic mass is 16.3. The lowest BCUT2D eigenvalue weighted by molar-refractivity contribution is 0.160. The summed E-state index contributed by atoms with van der Waals surface area (Å²) in [5, 5.41) is 3.56. The fourth-order valence-electron chi connectivity index (χ4n) is 2.28. The Kier molecular flexibility index (Phi) is 4.02. The summed E-state index contributed by atoms with van der Waals surface area (Å²) in [6, 6.07) is 5.31. The number of nitrogens with one attached hydrogen (secondary N) is 1. The van der Waals surface area contributed by atoms with E-state index in [1.807, 2.05) is 12.1 Å². The van der Waals surface area contributed by atoms with Crippen LogP contribution >= 0.6 is 0 Å². The molecular weight excluding hydrogens is 200 g/mol. The summed E-state index contributed by atoms with van der Waals surface area (Å²) in [7, 11) is 0. The molecule has 1 saturated heterocycles. The van der Waals surface area contributed by atoms with Crippen molar-refractivity contribution in [3.05, 3.63) is 24.2 Å². The third-order valence-corrected chi connectivity index (χ3v) is 3.40. The van der Waals surface area contributed by atoms with Crippen molar-refractivity contribution in [3.8, 4) is 0 Å². The van der Waals surface area contributed by atoms with Gasteiger partial charge in [0.05, 0.1) is 12.8 Å². The van der Waals surface area contributed by atoms with Gasteiger partial charge >= 0.3 is 0 Å². The van der Waals surface area contributed by atoms with Gasteiger partial charge in [0.2, 0.25) is 0 Å². The van der Waals surface area contributed by atoms with Crippen LogP contribution in [0.15, 0.2) is 22.8 Å². The fraction of sp³-hybridized carbons (Fsp3) is 0.692. The van der Waals surface area contributed by atoms with Crippen LogP contribution in [0.2, 0.25) is 0 Å². The normalized spacial score (nSPS) is 19.4. The first kappa shape index (κ1) is 11.7. The zero-order valence-corrected chi connectivity index (χ0v) is 10.3. The predicted octanol–water partition coefficient (Wildman–Crippen LogP) is 2.24. The zero-order valence-electron chi connectivity index (χ0n) is 10.3. The second kappa shape index (κ2) is 5.51. The lowest BCUT2D eigenvalue weighted by Gasteiger charge is -2.34. The number of likely N-dealkylation sites (tertiary alicyclic amines) is 1.